The molecule has 2 aliphatic rings. The van der Waals surface area contributed by atoms with Gasteiger partial charge in [0, 0.05) is 18.0 Å². The molecule has 0 bridgehead atoms. The molecule has 0 radical (unpaired) electrons. The first kappa shape index (κ1) is 12.4. The average Bonchev–Trinajstić information content (AvgIpc) is 2.83. The lowest BCUT2D eigenvalue weighted by molar-refractivity contribution is -0.131. The number of nitrogens with one attached hydrogen (secondary N) is 1. The van der Waals surface area contributed by atoms with Crippen molar-refractivity contribution >= 4 is 21.8 Å². The highest BCUT2D eigenvalue weighted by Crippen LogP contribution is 2.26. The van der Waals surface area contributed by atoms with Crippen molar-refractivity contribution in [2.45, 2.75) is 50.7 Å². The number of carbonyl (C=O) groups excluding carboxylic acids is 1. The third-order valence-electron chi connectivity index (χ3n) is 3.66. The quantitative estimate of drug-likeness (QED) is 0.810. The summed E-state index contributed by atoms with van der Waals surface area (Å²) in [5.74, 6) is 0.703. The smallest absolute Gasteiger partial charge is 0.249 e. The van der Waals surface area contributed by atoms with Crippen molar-refractivity contribution in [3.05, 3.63) is 0 Å². The summed E-state index contributed by atoms with van der Waals surface area (Å²) in [5, 5.41) is 4.16. The molecule has 1 heterocycles. The number of hydrogen-bond donors (Lipinski definition) is 1. The highest BCUT2D eigenvalue weighted by molar-refractivity contribution is 9.09. The van der Waals surface area contributed by atoms with Crippen LogP contribution in [0.25, 0.3) is 0 Å². The molecule has 4 heteroatoms. The van der Waals surface area contributed by atoms with E-state index in [1.54, 1.807) is 0 Å². The highest BCUT2D eigenvalue weighted by atomic mass is 79.9. The summed E-state index contributed by atoms with van der Waals surface area (Å²) in [6, 6.07) is 0.352. The Morgan fingerprint density at radius 1 is 1.25 bits per heavy atom. The zero-order valence-electron chi connectivity index (χ0n) is 9.58. The van der Waals surface area contributed by atoms with Gasteiger partial charge in [0.25, 0.3) is 0 Å². The molecule has 16 heavy (non-hydrogen) atoms. The van der Waals surface area contributed by atoms with Crippen LogP contribution in [0.1, 0.15) is 38.5 Å². The molecule has 1 saturated carbocycles. The fourth-order valence-corrected chi connectivity index (χ4v) is 3.42. The van der Waals surface area contributed by atoms with Crippen molar-refractivity contribution in [3.8, 4) is 0 Å². The monoisotopic (exact) mass is 289 g/mol. The van der Waals surface area contributed by atoms with E-state index >= 15 is 0 Å². The first-order chi connectivity index (χ1) is 7.81. The predicted octanol–water partition coefficient (Wildman–Crippen LogP) is 2.24. The number of halogens is 1. The third kappa shape index (κ3) is 2.98. The first-order valence-electron chi connectivity index (χ1n) is 6.29. The Morgan fingerprint density at radius 3 is 2.75 bits per heavy atom. The summed E-state index contributed by atoms with van der Waals surface area (Å²) in [5.41, 5.74) is 0. The Balaban J connectivity index is 1.84. The van der Waals surface area contributed by atoms with Gasteiger partial charge in [0.05, 0.1) is 0 Å². The summed E-state index contributed by atoms with van der Waals surface area (Å²) >= 11 is 3.54. The van der Waals surface area contributed by atoms with Crippen LogP contribution < -0.4 is 5.32 Å². The van der Waals surface area contributed by atoms with Crippen molar-refractivity contribution in [1.82, 2.24) is 5.32 Å². The van der Waals surface area contributed by atoms with Gasteiger partial charge < -0.3 is 10.1 Å². The van der Waals surface area contributed by atoms with Crippen LogP contribution in [0.15, 0.2) is 0 Å². The van der Waals surface area contributed by atoms with E-state index in [9.17, 15) is 4.79 Å². The average molecular weight is 290 g/mol. The van der Waals surface area contributed by atoms with Crippen LogP contribution in [-0.4, -0.2) is 30.0 Å². The molecule has 1 saturated heterocycles. The topological polar surface area (TPSA) is 38.3 Å². The van der Waals surface area contributed by atoms with Gasteiger partial charge in [-0.05, 0) is 31.6 Å². The second-order valence-corrected chi connectivity index (χ2v) is 5.46. The van der Waals surface area contributed by atoms with E-state index in [2.05, 4.69) is 21.2 Å². The number of amides is 1. The Labute approximate surface area is 105 Å². The summed E-state index contributed by atoms with van der Waals surface area (Å²) < 4.78 is 5.40. The minimum Gasteiger partial charge on any atom is -0.368 e. The predicted molar refractivity (Wildman–Crippen MR) is 66.7 cm³/mol. The standard InChI is InChI=1S/C12H20BrNO2/c13-8-9-4-1-2-5-10(9)14-12(15)11-6-3-7-16-11/h9-11H,1-8H2,(H,14,15). The maximum absolute atomic E-state index is 11.9. The zero-order chi connectivity index (χ0) is 11.4. The van der Waals surface area contributed by atoms with Gasteiger partial charge in [-0.2, -0.15) is 0 Å². The van der Waals surface area contributed by atoms with E-state index in [1.807, 2.05) is 0 Å². The van der Waals surface area contributed by atoms with Gasteiger partial charge in [0.15, 0.2) is 0 Å². The fraction of sp³-hybridized carbons (Fsp3) is 0.917. The van der Waals surface area contributed by atoms with Gasteiger partial charge in [0.1, 0.15) is 6.10 Å². The zero-order valence-corrected chi connectivity index (χ0v) is 11.2. The molecule has 3 atom stereocenters. The van der Waals surface area contributed by atoms with E-state index in [1.165, 1.54) is 19.3 Å². The lowest BCUT2D eigenvalue weighted by Gasteiger charge is -2.31. The summed E-state index contributed by atoms with van der Waals surface area (Å²) in [7, 11) is 0. The van der Waals surface area contributed by atoms with E-state index in [0.29, 0.717) is 12.0 Å². The van der Waals surface area contributed by atoms with Gasteiger partial charge >= 0.3 is 0 Å². The number of hydrogen-bond acceptors (Lipinski definition) is 2. The second kappa shape index (κ2) is 6.01. The Hall–Kier alpha value is -0.0900. The van der Waals surface area contributed by atoms with Gasteiger partial charge in [-0.25, -0.2) is 0 Å². The van der Waals surface area contributed by atoms with Crippen LogP contribution in [0.2, 0.25) is 0 Å². The van der Waals surface area contributed by atoms with Crippen molar-refractivity contribution in [2.75, 3.05) is 11.9 Å². The van der Waals surface area contributed by atoms with Crippen LogP contribution >= 0.6 is 15.9 Å². The summed E-state index contributed by atoms with van der Waals surface area (Å²) in [6.45, 7) is 0.741. The molecule has 1 aliphatic carbocycles. The molecule has 2 fully saturated rings. The molecule has 1 N–H and O–H groups in total. The van der Waals surface area contributed by atoms with Crippen molar-refractivity contribution in [2.24, 2.45) is 5.92 Å². The SMILES string of the molecule is O=C(NC1CCCCC1CBr)C1CCCO1. The fourth-order valence-electron chi connectivity index (χ4n) is 2.64. The molecule has 92 valence electrons. The summed E-state index contributed by atoms with van der Waals surface area (Å²) in [4.78, 5) is 11.9. The first-order valence-corrected chi connectivity index (χ1v) is 7.41. The molecule has 1 aliphatic heterocycles. The van der Waals surface area contributed by atoms with Crippen LogP contribution in [0, 0.1) is 5.92 Å². The molecule has 2 rings (SSSR count). The summed E-state index contributed by atoms with van der Waals surface area (Å²) in [6.07, 6.45) is 6.60. The maximum Gasteiger partial charge on any atom is 0.249 e. The second-order valence-electron chi connectivity index (χ2n) is 4.82. The molecular formula is C12H20BrNO2. The largest absolute Gasteiger partial charge is 0.368 e. The molecule has 1 amide bonds. The Morgan fingerprint density at radius 2 is 2.06 bits per heavy atom. The van der Waals surface area contributed by atoms with Crippen molar-refractivity contribution in [1.29, 1.82) is 0 Å². The molecule has 0 aromatic rings. The van der Waals surface area contributed by atoms with Gasteiger partial charge in [-0.15, -0.1) is 0 Å². The minimum atomic E-state index is -0.182. The molecule has 0 aromatic heterocycles. The number of rotatable bonds is 3. The van der Waals surface area contributed by atoms with Crippen molar-refractivity contribution in [3.63, 3.8) is 0 Å². The van der Waals surface area contributed by atoms with Crippen LogP contribution in [0.5, 0.6) is 0 Å². The van der Waals surface area contributed by atoms with Gasteiger partial charge in [0.2, 0.25) is 5.91 Å². The Bertz CT molecular complexity index is 241. The van der Waals surface area contributed by atoms with E-state index in [0.717, 1.165) is 31.2 Å². The lowest BCUT2D eigenvalue weighted by Crippen LogP contribution is -2.46. The molecule has 0 spiro atoms. The Kier molecular flexibility index (Phi) is 4.65. The van der Waals surface area contributed by atoms with E-state index in [-0.39, 0.29) is 12.0 Å². The van der Waals surface area contributed by atoms with Crippen molar-refractivity contribution < 1.29 is 9.53 Å². The van der Waals surface area contributed by atoms with Crippen LogP contribution in [0.3, 0.4) is 0 Å². The molecule has 0 aromatic carbocycles. The third-order valence-corrected chi connectivity index (χ3v) is 4.49. The molecular weight excluding hydrogens is 270 g/mol. The van der Waals surface area contributed by atoms with Crippen LogP contribution in [0.4, 0.5) is 0 Å². The number of carbonyl (C=O) groups is 1. The van der Waals surface area contributed by atoms with E-state index < -0.39 is 0 Å². The van der Waals surface area contributed by atoms with Crippen LogP contribution in [-0.2, 0) is 9.53 Å². The number of alkyl halides is 1. The minimum absolute atomic E-state index is 0.107. The normalized spacial score (nSPS) is 34.9. The highest BCUT2D eigenvalue weighted by Gasteiger charge is 2.29. The maximum atomic E-state index is 11.9. The number of ether oxygens (including phenoxy) is 1. The van der Waals surface area contributed by atoms with Gasteiger partial charge in [-0.1, -0.05) is 28.8 Å². The molecule has 3 nitrogen and oxygen atoms in total. The van der Waals surface area contributed by atoms with E-state index in [4.69, 9.17) is 4.74 Å². The van der Waals surface area contributed by atoms with Gasteiger partial charge in [-0.3, -0.25) is 4.79 Å². The lowest BCUT2D eigenvalue weighted by atomic mass is 9.86. The molecule has 3 unspecified atom stereocenters.